The lowest BCUT2D eigenvalue weighted by molar-refractivity contribution is 0.0919. The van der Waals surface area contributed by atoms with Crippen molar-refractivity contribution in [1.82, 2.24) is 30.2 Å². The molecule has 0 unspecified atom stereocenters. The van der Waals surface area contributed by atoms with Gasteiger partial charge in [0.1, 0.15) is 5.82 Å². The summed E-state index contributed by atoms with van der Waals surface area (Å²) in [6.45, 7) is 8.48. The SMILES string of the molecule is CCOCCNC(=O)c1cc2nc(CNC(=O)c3nc(Cl)c(N)nc3N)n(CC)c2cc1N1CCOCC1. The van der Waals surface area contributed by atoms with E-state index in [4.69, 9.17) is 37.5 Å². The Kier molecular flexibility index (Phi) is 8.81. The molecule has 3 aromatic rings. The van der Waals surface area contributed by atoms with Crippen molar-refractivity contribution in [2.24, 2.45) is 0 Å². The van der Waals surface area contributed by atoms with Gasteiger partial charge in [-0.15, -0.1) is 0 Å². The molecule has 4 rings (SSSR count). The van der Waals surface area contributed by atoms with Crippen LogP contribution in [0.2, 0.25) is 5.15 Å². The second-order valence-electron chi connectivity index (χ2n) is 8.50. The molecule has 1 aliphatic rings. The summed E-state index contributed by atoms with van der Waals surface area (Å²) in [7, 11) is 0. The van der Waals surface area contributed by atoms with Gasteiger partial charge < -0.3 is 41.0 Å². The van der Waals surface area contributed by atoms with Gasteiger partial charge in [-0.25, -0.2) is 15.0 Å². The predicted molar refractivity (Wildman–Crippen MR) is 144 cm³/mol. The third-order valence-corrected chi connectivity index (χ3v) is 6.40. The van der Waals surface area contributed by atoms with Gasteiger partial charge in [0.05, 0.1) is 48.6 Å². The summed E-state index contributed by atoms with van der Waals surface area (Å²) in [5, 5.41) is 5.59. The fourth-order valence-corrected chi connectivity index (χ4v) is 4.40. The van der Waals surface area contributed by atoms with Crippen molar-refractivity contribution in [3.05, 3.63) is 34.4 Å². The van der Waals surface area contributed by atoms with Crippen LogP contribution in [0.25, 0.3) is 11.0 Å². The number of carbonyl (C=O) groups excluding carboxylic acids is 2. The maximum Gasteiger partial charge on any atom is 0.274 e. The number of rotatable bonds is 10. The summed E-state index contributed by atoms with van der Waals surface area (Å²) in [4.78, 5) is 40.6. The lowest BCUT2D eigenvalue weighted by Crippen LogP contribution is -2.38. The molecule has 38 heavy (non-hydrogen) atoms. The number of nitrogens with zero attached hydrogens (tertiary/aromatic N) is 5. The van der Waals surface area contributed by atoms with Gasteiger partial charge in [-0.1, -0.05) is 11.6 Å². The number of aryl methyl sites for hydroxylation is 1. The van der Waals surface area contributed by atoms with E-state index in [0.717, 1.165) is 11.2 Å². The number of carbonyl (C=O) groups is 2. The first-order valence-corrected chi connectivity index (χ1v) is 12.8. The van der Waals surface area contributed by atoms with Gasteiger partial charge in [0, 0.05) is 32.8 Å². The highest BCUT2D eigenvalue weighted by Crippen LogP contribution is 2.29. The van der Waals surface area contributed by atoms with E-state index < -0.39 is 5.91 Å². The van der Waals surface area contributed by atoms with Gasteiger partial charge in [-0.05, 0) is 26.0 Å². The van der Waals surface area contributed by atoms with Crippen LogP contribution >= 0.6 is 11.6 Å². The highest BCUT2D eigenvalue weighted by Gasteiger charge is 2.23. The number of hydrogen-bond donors (Lipinski definition) is 4. The molecule has 0 radical (unpaired) electrons. The molecule has 6 N–H and O–H groups in total. The monoisotopic (exact) mass is 545 g/mol. The van der Waals surface area contributed by atoms with E-state index in [2.05, 4.69) is 25.5 Å². The summed E-state index contributed by atoms with van der Waals surface area (Å²) >= 11 is 5.91. The van der Waals surface area contributed by atoms with Gasteiger partial charge in [0.2, 0.25) is 0 Å². The van der Waals surface area contributed by atoms with E-state index in [0.29, 0.717) is 69.5 Å². The molecule has 0 spiro atoms. The minimum absolute atomic E-state index is 0.0534. The van der Waals surface area contributed by atoms with Crippen molar-refractivity contribution in [2.45, 2.75) is 26.9 Å². The third-order valence-electron chi connectivity index (χ3n) is 6.12. The van der Waals surface area contributed by atoms with Crippen molar-refractivity contribution in [3.8, 4) is 0 Å². The average molecular weight is 546 g/mol. The van der Waals surface area contributed by atoms with Crippen molar-refractivity contribution in [1.29, 1.82) is 0 Å². The zero-order chi connectivity index (χ0) is 27.2. The van der Waals surface area contributed by atoms with E-state index >= 15 is 0 Å². The average Bonchev–Trinajstić information content (AvgIpc) is 3.27. The summed E-state index contributed by atoms with van der Waals surface area (Å²) < 4.78 is 12.8. The molecule has 0 aliphatic carbocycles. The maximum absolute atomic E-state index is 13.2. The van der Waals surface area contributed by atoms with Crippen LogP contribution in [0.3, 0.4) is 0 Å². The Balaban J connectivity index is 1.64. The number of benzene rings is 1. The summed E-state index contributed by atoms with van der Waals surface area (Å²) in [6, 6.07) is 3.76. The van der Waals surface area contributed by atoms with Crippen molar-refractivity contribution in [2.75, 3.05) is 62.4 Å². The van der Waals surface area contributed by atoms with Crippen LogP contribution < -0.4 is 27.0 Å². The van der Waals surface area contributed by atoms with Gasteiger partial charge >= 0.3 is 0 Å². The Labute approximate surface area is 224 Å². The van der Waals surface area contributed by atoms with Crippen LogP contribution in [0.15, 0.2) is 12.1 Å². The minimum atomic E-state index is -0.560. The number of fused-ring (bicyclic) bond motifs is 1. The Morgan fingerprint density at radius 1 is 1.08 bits per heavy atom. The molecule has 1 fully saturated rings. The molecule has 3 heterocycles. The van der Waals surface area contributed by atoms with E-state index in [1.54, 1.807) is 6.07 Å². The lowest BCUT2D eigenvalue weighted by Gasteiger charge is -2.30. The first-order valence-electron chi connectivity index (χ1n) is 12.4. The van der Waals surface area contributed by atoms with Gasteiger partial charge in [0.15, 0.2) is 22.5 Å². The molecular weight excluding hydrogens is 514 g/mol. The number of nitrogens with one attached hydrogen (secondary N) is 2. The molecule has 1 saturated heterocycles. The fourth-order valence-electron chi connectivity index (χ4n) is 4.27. The second-order valence-corrected chi connectivity index (χ2v) is 8.86. The zero-order valence-electron chi connectivity index (χ0n) is 21.4. The van der Waals surface area contributed by atoms with Crippen molar-refractivity contribution < 1.29 is 19.1 Å². The standard InChI is InChI=1S/C24H32ClN9O4/c1-3-34-17-12-16(33-6-9-38-10-7-33)14(23(35)28-5-8-37-4-2)11-15(17)30-18(34)13-29-24(36)19-21(26)32-22(27)20(25)31-19/h11-12H,3-10,13H2,1-2H3,(H,28,35)(H,29,36)(H4,26,27,32). The normalized spacial score (nSPS) is 13.6. The number of nitrogen functional groups attached to an aromatic ring is 2. The van der Waals surface area contributed by atoms with Crippen LogP contribution in [-0.4, -0.2) is 77.4 Å². The molecule has 204 valence electrons. The molecule has 1 aliphatic heterocycles. The second kappa shape index (κ2) is 12.2. The maximum atomic E-state index is 13.2. The number of anilines is 3. The lowest BCUT2D eigenvalue weighted by atomic mass is 10.1. The van der Waals surface area contributed by atoms with Crippen LogP contribution in [0.4, 0.5) is 17.3 Å². The third kappa shape index (κ3) is 5.90. The Morgan fingerprint density at radius 3 is 2.55 bits per heavy atom. The highest BCUT2D eigenvalue weighted by molar-refractivity contribution is 6.31. The van der Waals surface area contributed by atoms with E-state index in [9.17, 15) is 9.59 Å². The number of aromatic nitrogens is 4. The number of amides is 2. The first-order chi connectivity index (χ1) is 18.3. The van der Waals surface area contributed by atoms with Crippen LogP contribution in [0, 0.1) is 0 Å². The Morgan fingerprint density at radius 2 is 1.84 bits per heavy atom. The van der Waals surface area contributed by atoms with Gasteiger partial charge in [-0.3, -0.25) is 9.59 Å². The number of halogens is 1. The van der Waals surface area contributed by atoms with E-state index in [1.165, 1.54) is 0 Å². The molecule has 14 heteroatoms. The number of ether oxygens (including phenoxy) is 2. The van der Waals surface area contributed by atoms with Crippen LogP contribution in [-0.2, 0) is 22.6 Å². The van der Waals surface area contributed by atoms with Crippen LogP contribution in [0.1, 0.15) is 40.5 Å². The Hall–Kier alpha value is -3.68. The summed E-state index contributed by atoms with van der Waals surface area (Å²) in [5.74, 6) is -0.338. The van der Waals surface area contributed by atoms with Gasteiger partial charge in [-0.2, -0.15) is 0 Å². The van der Waals surface area contributed by atoms with Crippen molar-refractivity contribution in [3.63, 3.8) is 0 Å². The topological polar surface area (TPSA) is 176 Å². The molecule has 2 amide bonds. The number of imidazole rings is 1. The minimum Gasteiger partial charge on any atom is -0.382 e. The zero-order valence-corrected chi connectivity index (χ0v) is 22.2. The molecule has 0 bridgehead atoms. The molecule has 0 saturated carbocycles. The summed E-state index contributed by atoms with van der Waals surface area (Å²) in [5.41, 5.74) is 14.1. The quantitative estimate of drug-likeness (QED) is 0.271. The smallest absolute Gasteiger partial charge is 0.274 e. The highest BCUT2D eigenvalue weighted by atomic mass is 35.5. The van der Waals surface area contributed by atoms with Gasteiger partial charge in [0.25, 0.3) is 11.8 Å². The molecule has 1 aromatic carbocycles. The number of morpholine rings is 1. The molecule has 0 atom stereocenters. The number of nitrogens with two attached hydrogens (primary N) is 2. The van der Waals surface area contributed by atoms with E-state index in [-0.39, 0.29) is 34.9 Å². The fraction of sp³-hybridized carbons (Fsp3) is 0.458. The Bertz CT molecular complexity index is 1320. The molecule has 2 aromatic heterocycles. The number of hydrogen-bond acceptors (Lipinski definition) is 10. The first kappa shape index (κ1) is 27.4. The largest absolute Gasteiger partial charge is 0.382 e. The molecular formula is C24H32ClN9O4. The van der Waals surface area contributed by atoms with Crippen molar-refractivity contribution >= 4 is 51.8 Å². The summed E-state index contributed by atoms with van der Waals surface area (Å²) in [6.07, 6.45) is 0. The van der Waals surface area contributed by atoms with E-state index in [1.807, 2.05) is 24.5 Å². The molecule has 13 nitrogen and oxygen atoms in total. The van der Waals surface area contributed by atoms with Crippen LogP contribution in [0.5, 0.6) is 0 Å². The predicted octanol–water partition coefficient (Wildman–Crippen LogP) is 1.20.